The Morgan fingerprint density at radius 2 is 1.67 bits per heavy atom. The fraction of sp³-hybridized carbons (Fsp3) is 0.611. The molecule has 1 fully saturated rings. The van der Waals surface area contributed by atoms with Crippen LogP contribution in [-0.2, 0) is 16.1 Å². The maximum absolute atomic E-state index is 11.9. The van der Waals surface area contributed by atoms with E-state index in [-0.39, 0.29) is 55.7 Å². The molecule has 6 nitrogen and oxygen atoms in total. The molecule has 158 valence electrons. The normalized spacial score (nSPS) is 15.7. The zero-order chi connectivity index (χ0) is 17.4. The zero-order valence-corrected chi connectivity index (χ0v) is 18.5. The monoisotopic (exact) mass is 442 g/mol. The molecular formula is C18H33Cl3N4O2. The molecule has 3 N–H and O–H groups in total. The first-order chi connectivity index (χ1) is 11.6. The van der Waals surface area contributed by atoms with E-state index in [0.717, 1.165) is 45.0 Å². The summed E-state index contributed by atoms with van der Waals surface area (Å²) >= 11 is 0. The van der Waals surface area contributed by atoms with E-state index in [1.807, 2.05) is 12.1 Å². The number of likely N-dealkylation sites (N-methyl/N-ethyl adjacent to an activating group) is 1. The number of benzene rings is 1. The number of amides is 1. The molecule has 1 amide bonds. The second-order valence-electron chi connectivity index (χ2n) is 6.25. The average Bonchev–Trinajstić information content (AvgIpc) is 2.62. The third-order valence-electron chi connectivity index (χ3n) is 4.57. The number of rotatable bonds is 8. The Hall–Kier alpha value is -0.600. The highest BCUT2D eigenvalue weighted by Gasteiger charge is 2.15. The van der Waals surface area contributed by atoms with Gasteiger partial charge in [-0.3, -0.25) is 9.69 Å². The summed E-state index contributed by atoms with van der Waals surface area (Å²) < 4.78 is 5.13. The Bertz CT molecular complexity index is 508. The van der Waals surface area contributed by atoms with Crippen molar-refractivity contribution < 1.29 is 9.53 Å². The summed E-state index contributed by atoms with van der Waals surface area (Å²) in [5, 5.41) is 2.89. The number of nitrogens with zero attached hydrogens (tertiary/aromatic N) is 2. The lowest BCUT2D eigenvalue weighted by molar-refractivity contribution is -0.118. The lowest BCUT2D eigenvalue weighted by Crippen LogP contribution is -2.45. The first-order valence-corrected chi connectivity index (χ1v) is 8.71. The van der Waals surface area contributed by atoms with Crippen molar-refractivity contribution in [2.75, 3.05) is 51.7 Å². The summed E-state index contributed by atoms with van der Waals surface area (Å²) in [6, 6.07) is 8.08. The van der Waals surface area contributed by atoms with Crippen LogP contribution in [0.4, 0.5) is 5.69 Å². The number of nitrogens with two attached hydrogens (primary N) is 1. The Morgan fingerprint density at radius 3 is 2.15 bits per heavy atom. The van der Waals surface area contributed by atoms with Crippen LogP contribution in [0, 0.1) is 0 Å². The minimum absolute atomic E-state index is 0. The zero-order valence-electron chi connectivity index (χ0n) is 16.1. The van der Waals surface area contributed by atoms with Gasteiger partial charge in [0.05, 0.1) is 12.5 Å². The second kappa shape index (κ2) is 15.3. The van der Waals surface area contributed by atoms with Crippen LogP contribution in [0.2, 0.25) is 0 Å². The van der Waals surface area contributed by atoms with Gasteiger partial charge in [-0.15, -0.1) is 37.2 Å². The number of methoxy groups -OCH3 is 1. The van der Waals surface area contributed by atoms with Gasteiger partial charge in [0.2, 0.25) is 5.91 Å². The number of anilines is 1. The summed E-state index contributed by atoms with van der Waals surface area (Å²) in [6.07, 6.45) is 0.0438. The fourth-order valence-corrected chi connectivity index (χ4v) is 2.90. The summed E-state index contributed by atoms with van der Waals surface area (Å²) in [7, 11) is 1.57. The summed E-state index contributed by atoms with van der Waals surface area (Å²) in [5.41, 5.74) is 7.62. The lowest BCUT2D eigenvalue weighted by atomic mass is 10.1. The Kier molecular flexibility index (Phi) is 16.3. The van der Waals surface area contributed by atoms with Crippen LogP contribution >= 0.6 is 37.2 Å². The third-order valence-corrected chi connectivity index (χ3v) is 4.57. The van der Waals surface area contributed by atoms with Gasteiger partial charge in [0.1, 0.15) is 0 Å². The molecule has 0 aromatic heterocycles. The summed E-state index contributed by atoms with van der Waals surface area (Å²) in [6.45, 7) is 9.17. The van der Waals surface area contributed by atoms with E-state index in [4.69, 9.17) is 10.5 Å². The smallest absolute Gasteiger partial charge is 0.227 e. The molecule has 1 unspecified atom stereocenters. The predicted molar refractivity (Wildman–Crippen MR) is 119 cm³/mol. The standard InChI is InChI=1S/C18H30N4O2.3ClH/c1-3-21-8-10-22(11-9-21)14-15-4-6-16(7-5-15)20-18(23)12-17(13-19)24-2;;;/h4-7,17H,3,8-14,19H2,1-2H3,(H,20,23);3*1H. The van der Waals surface area contributed by atoms with Crippen LogP contribution in [0.3, 0.4) is 0 Å². The van der Waals surface area contributed by atoms with Crippen LogP contribution in [0.25, 0.3) is 0 Å². The number of piperazine rings is 1. The fourth-order valence-electron chi connectivity index (χ4n) is 2.90. The molecule has 0 radical (unpaired) electrons. The SMILES string of the molecule is CCN1CCN(Cc2ccc(NC(=O)CC(CN)OC)cc2)CC1.Cl.Cl.Cl. The van der Waals surface area contributed by atoms with Crippen LogP contribution < -0.4 is 11.1 Å². The molecule has 27 heavy (non-hydrogen) atoms. The van der Waals surface area contributed by atoms with E-state index in [1.54, 1.807) is 7.11 Å². The Morgan fingerprint density at radius 1 is 1.11 bits per heavy atom. The molecular weight excluding hydrogens is 411 g/mol. The average molecular weight is 444 g/mol. The first-order valence-electron chi connectivity index (χ1n) is 8.71. The second-order valence-corrected chi connectivity index (χ2v) is 6.25. The molecule has 0 saturated carbocycles. The molecule has 1 aromatic carbocycles. The highest BCUT2D eigenvalue weighted by molar-refractivity contribution is 5.91. The number of ether oxygens (including phenoxy) is 1. The minimum atomic E-state index is -0.230. The van der Waals surface area contributed by atoms with Crippen molar-refractivity contribution in [2.24, 2.45) is 5.73 Å². The van der Waals surface area contributed by atoms with Gasteiger partial charge in [0, 0.05) is 52.1 Å². The number of halogens is 3. The number of carbonyl (C=O) groups excluding carboxylic acids is 1. The molecule has 1 atom stereocenters. The number of hydrogen-bond acceptors (Lipinski definition) is 5. The Labute approximate surface area is 181 Å². The molecule has 1 aliphatic heterocycles. The Balaban J connectivity index is 0. The summed E-state index contributed by atoms with van der Waals surface area (Å²) in [5.74, 6) is -0.0734. The van der Waals surface area contributed by atoms with Crippen molar-refractivity contribution in [3.8, 4) is 0 Å². The van der Waals surface area contributed by atoms with Gasteiger partial charge >= 0.3 is 0 Å². The van der Waals surface area contributed by atoms with Crippen molar-refractivity contribution in [1.29, 1.82) is 0 Å². The minimum Gasteiger partial charge on any atom is -0.380 e. The van der Waals surface area contributed by atoms with Gasteiger partial charge in [0.15, 0.2) is 0 Å². The maximum atomic E-state index is 11.9. The van der Waals surface area contributed by atoms with Crippen LogP contribution in [-0.4, -0.2) is 68.2 Å². The van der Waals surface area contributed by atoms with E-state index in [9.17, 15) is 4.79 Å². The van der Waals surface area contributed by atoms with Gasteiger partial charge in [-0.1, -0.05) is 19.1 Å². The molecule has 1 aromatic rings. The van der Waals surface area contributed by atoms with Gasteiger partial charge in [0.25, 0.3) is 0 Å². The summed E-state index contributed by atoms with van der Waals surface area (Å²) in [4.78, 5) is 16.9. The first kappa shape index (κ1) is 28.6. The van der Waals surface area contributed by atoms with E-state index in [2.05, 4.69) is 34.2 Å². The molecule has 1 saturated heterocycles. The highest BCUT2D eigenvalue weighted by Crippen LogP contribution is 2.13. The maximum Gasteiger partial charge on any atom is 0.227 e. The molecule has 1 aliphatic rings. The molecule has 2 rings (SSSR count). The largest absolute Gasteiger partial charge is 0.380 e. The van der Waals surface area contributed by atoms with Crippen molar-refractivity contribution in [3.63, 3.8) is 0 Å². The topological polar surface area (TPSA) is 70.8 Å². The molecule has 0 bridgehead atoms. The van der Waals surface area contributed by atoms with Gasteiger partial charge in [-0.05, 0) is 24.2 Å². The van der Waals surface area contributed by atoms with E-state index in [1.165, 1.54) is 5.56 Å². The van der Waals surface area contributed by atoms with Gasteiger partial charge in [-0.2, -0.15) is 0 Å². The molecule has 0 aliphatic carbocycles. The van der Waals surface area contributed by atoms with Crippen LogP contribution in [0.5, 0.6) is 0 Å². The van der Waals surface area contributed by atoms with Crippen molar-refractivity contribution in [2.45, 2.75) is 26.0 Å². The van der Waals surface area contributed by atoms with E-state index >= 15 is 0 Å². The predicted octanol–water partition coefficient (Wildman–Crippen LogP) is 2.39. The molecule has 9 heteroatoms. The number of nitrogens with one attached hydrogen (secondary N) is 1. The lowest BCUT2D eigenvalue weighted by Gasteiger charge is -2.34. The van der Waals surface area contributed by atoms with E-state index in [0.29, 0.717) is 6.54 Å². The van der Waals surface area contributed by atoms with Crippen molar-refractivity contribution in [3.05, 3.63) is 29.8 Å². The number of carbonyl (C=O) groups is 1. The van der Waals surface area contributed by atoms with E-state index < -0.39 is 0 Å². The van der Waals surface area contributed by atoms with Crippen molar-refractivity contribution in [1.82, 2.24) is 9.80 Å². The number of hydrogen-bond donors (Lipinski definition) is 2. The molecule has 0 spiro atoms. The van der Waals surface area contributed by atoms with Crippen LogP contribution in [0.15, 0.2) is 24.3 Å². The van der Waals surface area contributed by atoms with Gasteiger partial charge < -0.3 is 20.7 Å². The van der Waals surface area contributed by atoms with Crippen molar-refractivity contribution >= 4 is 48.8 Å². The molecule has 1 heterocycles. The third kappa shape index (κ3) is 9.94. The van der Waals surface area contributed by atoms with Gasteiger partial charge in [-0.25, -0.2) is 0 Å². The quantitative estimate of drug-likeness (QED) is 0.645. The van der Waals surface area contributed by atoms with Crippen LogP contribution in [0.1, 0.15) is 18.9 Å². The highest BCUT2D eigenvalue weighted by atomic mass is 35.5.